The zero-order valence-electron chi connectivity index (χ0n) is 9.09. The Bertz CT molecular complexity index is 270. The maximum Gasteiger partial charge on any atom is 0.368 e. The maximum atomic E-state index is 11.6. The van der Waals surface area contributed by atoms with Crippen LogP contribution in [0, 0.1) is 0 Å². The Kier molecular flexibility index (Phi) is 8.55. The van der Waals surface area contributed by atoms with E-state index in [9.17, 15) is 4.79 Å². The molecule has 0 atom stereocenters. The molecule has 0 bridgehead atoms. The quantitative estimate of drug-likeness (QED) is 0.343. The van der Waals surface area contributed by atoms with E-state index in [4.69, 9.17) is 5.73 Å². The average molecular weight is 261 g/mol. The van der Waals surface area contributed by atoms with Gasteiger partial charge in [-0.05, 0) is 23.9 Å². The second kappa shape index (κ2) is 9.17. The van der Waals surface area contributed by atoms with Crippen LogP contribution in [0.2, 0.25) is 0 Å². The van der Waals surface area contributed by atoms with Crippen molar-refractivity contribution in [1.29, 1.82) is 0 Å². The SMILES string of the molecule is C=CCSN(SCC=C)C(=O)/N=C(/N)OC. The molecule has 0 spiro atoms. The molecule has 5 nitrogen and oxygen atoms in total. The summed E-state index contributed by atoms with van der Waals surface area (Å²) < 4.78 is 6.01. The van der Waals surface area contributed by atoms with Crippen molar-refractivity contribution in [3.8, 4) is 0 Å². The molecule has 0 heterocycles. The van der Waals surface area contributed by atoms with Crippen LogP contribution in [0.5, 0.6) is 0 Å². The highest BCUT2D eigenvalue weighted by molar-refractivity contribution is 8.12. The summed E-state index contributed by atoms with van der Waals surface area (Å²) in [7, 11) is 1.35. The molecule has 0 saturated heterocycles. The molecule has 0 rings (SSSR count). The number of hydrogen-bond donors (Lipinski definition) is 1. The third-order valence-corrected chi connectivity index (χ3v) is 3.37. The number of carbonyl (C=O) groups excluding carboxylic acids is 1. The fraction of sp³-hybridized carbons (Fsp3) is 0.333. The molecular weight excluding hydrogens is 246 g/mol. The molecule has 0 aliphatic rings. The molecule has 0 fully saturated rings. The topological polar surface area (TPSA) is 67.9 Å². The van der Waals surface area contributed by atoms with Crippen LogP contribution in [0.4, 0.5) is 4.79 Å². The van der Waals surface area contributed by atoms with E-state index in [1.165, 1.54) is 34.7 Å². The number of amides is 2. The largest absolute Gasteiger partial charge is 0.468 e. The van der Waals surface area contributed by atoms with E-state index in [1.807, 2.05) is 0 Å². The lowest BCUT2D eigenvalue weighted by Gasteiger charge is -2.15. The Hall–Kier alpha value is -1.08. The van der Waals surface area contributed by atoms with Crippen LogP contribution < -0.4 is 5.73 Å². The predicted octanol–water partition coefficient (Wildman–Crippen LogP) is 2.04. The first kappa shape index (κ1) is 14.9. The minimum Gasteiger partial charge on any atom is -0.468 e. The van der Waals surface area contributed by atoms with Crippen molar-refractivity contribution < 1.29 is 9.53 Å². The molecule has 2 amide bonds. The van der Waals surface area contributed by atoms with Gasteiger partial charge in [0.05, 0.1) is 7.11 Å². The van der Waals surface area contributed by atoms with Crippen LogP contribution in [0.1, 0.15) is 0 Å². The van der Waals surface area contributed by atoms with Gasteiger partial charge >= 0.3 is 6.03 Å². The second-order valence-electron chi connectivity index (χ2n) is 2.36. The van der Waals surface area contributed by atoms with Crippen LogP contribution in [-0.2, 0) is 4.74 Å². The van der Waals surface area contributed by atoms with E-state index in [0.717, 1.165) is 0 Å². The number of amidine groups is 1. The molecule has 0 saturated carbocycles. The first-order valence-electron chi connectivity index (χ1n) is 4.35. The van der Waals surface area contributed by atoms with Gasteiger partial charge in [0, 0.05) is 11.5 Å². The number of nitrogens with two attached hydrogens (primary N) is 1. The van der Waals surface area contributed by atoms with Crippen LogP contribution in [-0.4, -0.2) is 34.4 Å². The van der Waals surface area contributed by atoms with Gasteiger partial charge in [0.15, 0.2) is 0 Å². The van der Waals surface area contributed by atoms with Crippen LogP contribution in [0.25, 0.3) is 0 Å². The summed E-state index contributed by atoms with van der Waals surface area (Å²) in [6.07, 6.45) is 3.39. The summed E-state index contributed by atoms with van der Waals surface area (Å²) in [6.45, 7) is 7.15. The van der Waals surface area contributed by atoms with Crippen molar-refractivity contribution in [3.63, 3.8) is 0 Å². The summed E-state index contributed by atoms with van der Waals surface area (Å²) in [6, 6.07) is -0.633. The molecule has 0 aromatic heterocycles. The van der Waals surface area contributed by atoms with E-state index in [-0.39, 0.29) is 6.02 Å². The number of carbonyl (C=O) groups is 1. The van der Waals surface area contributed by atoms with Gasteiger partial charge in [-0.1, -0.05) is 12.2 Å². The van der Waals surface area contributed by atoms with E-state index in [2.05, 4.69) is 22.9 Å². The van der Waals surface area contributed by atoms with Gasteiger partial charge in [0.25, 0.3) is 6.02 Å². The average Bonchev–Trinajstić information content (AvgIpc) is 2.28. The number of ether oxygens (including phenoxy) is 1. The summed E-state index contributed by atoms with van der Waals surface area (Å²) in [5, 5.41) is 0. The minimum atomic E-state index is -0.474. The number of aliphatic imine (C=N–C) groups is 1. The van der Waals surface area contributed by atoms with E-state index in [1.54, 1.807) is 12.2 Å². The molecule has 0 aromatic rings. The molecule has 2 N–H and O–H groups in total. The molecule has 0 unspecified atom stereocenters. The van der Waals surface area contributed by atoms with Gasteiger partial charge in [-0.2, -0.15) is 0 Å². The molecule has 0 aliphatic carbocycles. The highest BCUT2D eigenvalue weighted by atomic mass is 32.2. The fourth-order valence-electron chi connectivity index (χ4n) is 0.569. The van der Waals surface area contributed by atoms with E-state index < -0.39 is 6.03 Å². The van der Waals surface area contributed by atoms with Crippen molar-refractivity contribution in [2.45, 2.75) is 0 Å². The summed E-state index contributed by atoms with van der Waals surface area (Å²) in [5.74, 6) is 1.22. The lowest BCUT2D eigenvalue weighted by molar-refractivity contribution is 0.246. The highest BCUT2D eigenvalue weighted by Crippen LogP contribution is 2.23. The highest BCUT2D eigenvalue weighted by Gasteiger charge is 2.13. The van der Waals surface area contributed by atoms with Gasteiger partial charge in [0.1, 0.15) is 0 Å². The van der Waals surface area contributed by atoms with Crippen molar-refractivity contribution in [3.05, 3.63) is 25.3 Å². The third-order valence-electron chi connectivity index (χ3n) is 1.19. The second-order valence-corrected chi connectivity index (χ2v) is 4.51. The van der Waals surface area contributed by atoms with Gasteiger partial charge in [-0.25, -0.2) is 8.51 Å². The smallest absolute Gasteiger partial charge is 0.368 e. The Morgan fingerprint density at radius 2 is 1.94 bits per heavy atom. The summed E-state index contributed by atoms with van der Waals surface area (Å²) in [4.78, 5) is 15.1. The predicted molar refractivity (Wildman–Crippen MR) is 71.2 cm³/mol. The minimum absolute atomic E-state index is 0.159. The summed E-state index contributed by atoms with van der Waals surface area (Å²) in [5.41, 5.74) is 5.29. The van der Waals surface area contributed by atoms with Gasteiger partial charge in [-0.3, -0.25) is 0 Å². The number of hydrogen-bond acceptors (Lipinski definition) is 4. The monoisotopic (exact) mass is 261 g/mol. The molecule has 16 heavy (non-hydrogen) atoms. The first-order valence-corrected chi connectivity index (χ1v) is 6.24. The maximum absolute atomic E-state index is 11.6. The Balaban J connectivity index is 4.41. The van der Waals surface area contributed by atoms with E-state index in [0.29, 0.717) is 11.5 Å². The molecule has 0 aliphatic heterocycles. The van der Waals surface area contributed by atoms with Crippen LogP contribution in [0.3, 0.4) is 0 Å². The zero-order valence-corrected chi connectivity index (χ0v) is 10.7. The van der Waals surface area contributed by atoms with E-state index >= 15 is 0 Å². The Morgan fingerprint density at radius 3 is 2.31 bits per heavy atom. The third kappa shape index (κ3) is 6.41. The lowest BCUT2D eigenvalue weighted by Crippen LogP contribution is -2.21. The number of rotatable bonds is 6. The fourth-order valence-corrected chi connectivity index (χ4v) is 2.02. The van der Waals surface area contributed by atoms with Crippen LogP contribution in [0.15, 0.2) is 30.3 Å². The summed E-state index contributed by atoms with van der Waals surface area (Å²) >= 11 is 2.57. The number of nitrogens with zero attached hydrogens (tertiary/aromatic N) is 2. The first-order chi connectivity index (χ1) is 7.65. The molecule has 90 valence electrons. The standard InChI is InChI=1S/C9H15N3O2S2/c1-4-6-15-12(16-7-5-2)9(13)11-8(10)14-3/h4-5H,1-2,6-7H2,3H3,(H2,10,11,13). The number of methoxy groups -OCH3 is 1. The Labute approximate surface area is 104 Å². The van der Waals surface area contributed by atoms with Gasteiger partial charge in [0.2, 0.25) is 0 Å². The number of urea groups is 1. The van der Waals surface area contributed by atoms with Gasteiger partial charge in [-0.15, -0.1) is 18.2 Å². The molecule has 7 heteroatoms. The normalized spacial score (nSPS) is 10.7. The van der Waals surface area contributed by atoms with Gasteiger partial charge < -0.3 is 10.5 Å². The Morgan fingerprint density at radius 1 is 1.44 bits per heavy atom. The van der Waals surface area contributed by atoms with Crippen molar-refractivity contribution >= 4 is 35.9 Å². The molecule has 0 aromatic carbocycles. The van der Waals surface area contributed by atoms with Crippen molar-refractivity contribution in [2.24, 2.45) is 10.7 Å². The van der Waals surface area contributed by atoms with Crippen molar-refractivity contribution in [1.82, 2.24) is 3.71 Å². The lowest BCUT2D eigenvalue weighted by atomic mass is 10.8. The molecule has 0 radical (unpaired) electrons. The van der Waals surface area contributed by atoms with Crippen molar-refractivity contribution in [2.75, 3.05) is 18.6 Å². The van der Waals surface area contributed by atoms with Crippen LogP contribution >= 0.6 is 23.9 Å². The molecular formula is C9H15N3O2S2. The zero-order chi connectivity index (χ0) is 12.4.